The second-order valence-corrected chi connectivity index (χ2v) is 10.4. The number of allylic oxidation sites excluding steroid dienone is 1. The van der Waals surface area contributed by atoms with Gasteiger partial charge in [0.25, 0.3) is 5.91 Å². The van der Waals surface area contributed by atoms with E-state index in [0.717, 1.165) is 31.9 Å². The van der Waals surface area contributed by atoms with Crippen molar-refractivity contribution in [1.29, 1.82) is 0 Å². The number of carbonyl (C=O) groups is 2. The second kappa shape index (κ2) is 9.89. The van der Waals surface area contributed by atoms with Crippen molar-refractivity contribution in [2.75, 3.05) is 11.1 Å². The van der Waals surface area contributed by atoms with Gasteiger partial charge in [-0.15, -0.1) is 22.7 Å². The van der Waals surface area contributed by atoms with Gasteiger partial charge in [-0.25, -0.2) is 4.98 Å². The lowest BCUT2D eigenvalue weighted by molar-refractivity contribution is 0.102. The van der Waals surface area contributed by atoms with E-state index < -0.39 is 0 Å². The lowest BCUT2D eigenvalue weighted by Gasteiger charge is -2.06. The average molecular weight is 510 g/mol. The molecule has 0 aliphatic rings. The largest absolute Gasteiger partial charge is 0.397 e. The first-order chi connectivity index (χ1) is 17.4. The average Bonchev–Trinajstić information content (AvgIpc) is 3.51. The van der Waals surface area contributed by atoms with Crippen molar-refractivity contribution in [1.82, 2.24) is 4.98 Å². The molecular weight excluding hydrogens is 486 g/mol. The molecule has 5 aromatic rings. The maximum absolute atomic E-state index is 13.0. The minimum absolute atomic E-state index is 0.0964. The van der Waals surface area contributed by atoms with E-state index in [1.54, 1.807) is 47.8 Å². The number of anilines is 2. The fraction of sp³-hybridized carbons (Fsp3) is 0.0690. The molecule has 0 saturated carbocycles. The zero-order chi connectivity index (χ0) is 25.2. The first-order valence-electron chi connectivity index (χ1n) is 11.3. The molecule has 36 heavy (non-hydrogen) atoms. The van der Waals surface area contributed by atoms with Crippen LogP contribution in [0.3, 0.4) is 0 Å². The number of nitrogens with one attached hydrogen (secondary N) is 1. The van der Waals surface area contributed by atoms with Gasteiger partial charge in [-0.3, -0.25) is 9.59 Å². The molecule has 7 heteroatoms. The van der Waals surface area contributed by atoms with Crippen LogP contribution < -0.4 is 11.1 Å². The molecule has 0 fully saturated rings. The number of hydrogen-bond donors (Lipinski definition) is 2. The van der Waals surface area contributed by atoms with Gasteiger partial charge in [-0.05, 0) is 73.3 Å². The van der Waals surface area contributed by atoms with Crippen molar-refractivity contribution in [3.05, 3.63) is 105 Å². The number of rotatable bonds is 6. The molecule has 3 N–H and O–H groups in total. The summed E-state index contributed by atoms with van der Waals surface area (Å²) in [6.45, 7) is 4.05. The molecule has 0 bridgehead atoms. The van der Waals surface area contributed by atoms with Crippen LogP contribution in [0, 0.1) is 13.8 Å². The molecular formula is C29H23N3O2S2. The summed E-state index contributed by atoms with van der Waals surface area (Å²) in [5.41, 5.74) is 12.0. The monoisotopic (exact) mass is 509 g/mol. The van der Waals surface area contributed by atoms with Crippen LogP contribution in [0.4, 0.5) is 11.4 Å². The van der Waals surface area contributed by atoms with E-state index in [2.05, 4.69) is 17.4 Å². The van der Waals surface area contributed by atoms with E-state index in [0.29, 0.717) is 21.8 Å². The number of ketones is 1. The summed E-state index contributed by atoms with van der Waals surface area (Å²) in [7, 11) is 0. The second-order valence-electron chi connectivity index (χ2n) is 8.46. The highest BCUT2D eigenvalue weighted by Crippen LogP contribution is 2.36. The SMILES string of the molecule is Cc1ccc(-c2nc3sc(C(=O)Nc4ccc(C(=O)/C=C/c5cccs5)cc4)c(N)c3cc2C)cc1. The van der Waals surface area contributed by atoms with E-state index in [1.807, 2.05) is 49.6 Å². The third-order valence-corrected chi connectivity index (χ3v) is 7.76. The molecule has 0 aliphatic heterocycles. The van der Waals surface area contributed by atoms with Crippen LogP contribution in [0.15, 0.2) is 78.2 Å². The topological polar surface area (TPSA) is 85.1 Å². The number of benzene rings is 2. The van der Waals surface area contributed by atoms with Crippen LogP contribution in [0.5, 0.6) is 0 Å². The highest BCUT2D eigenvalue weighted by Gasteiger charge is 2.19. The molecule has 3 heterocycles. The molecule has 5 rings (SSSR count). The van der Waals surface area contributed by atoms with E-state index >= 15 is 0 Å². The summed E-state index contributed by atoms with van der Waals surface area (Å²) in [6.07, 6.45) is 3.35. The Morgan fingerprint density at radius 2 is 1.75 bits per heavy atom. The van der Waals surface area contributed by atoms with Crippen LogP contribution in [-0.4, -0.2) is 16.7 Å². The number of carbonyl (C=O) groups excluding carboxylic acids is 2. The normalized spacial score (nSPS) is 11.3. The molecule has 5 nitrogen and oxygen atoms in total. The number of pyridine rings is 1. The molecule has 0 radical (unpaired) electrons. The summed E-state index contributed by atoms with van der Waals surface area (Å²) in [4.78, 5) is 32.4. The predicted molar refractivity (Wildman–Crippen MR) is 151 cm³/mol. The van der Waals surface area contributed by atoms with Crippen molar-refractivity contribution >= 4 is 62.0 Å². The number of nitrogens with two attached hydrogens (primary N) is 1. The lowest BCUT2D eigenvalue weighted by atomic mass is 10.0. The Labute approximate surface area is 216 Å². The van der Waals surface area contributed by atoms with E-state index in [1.165, 1.54) is 16.9 Å². The summed E-state index contributed by atoms with van der Waals surface area (Å²) >= 11 is 2.85. The number of hydrogen-bond acceptors (Lipinski definition) is 6. The summed E-state index contributed by atoms with van der Waals surface area (Å²) in [5.74, 6) is -0.400. The molecule has 2 aromatic carbocycles. The minimum atomic E-state index is -0.304. The first-order valence-corrected chi connectivity index (χ1v) is 13.0. The Kier molecular flexibility index (Phi) is 6.50. The van der Waals surface area contributed by atoms with Crippen LogP contribution in [0.1, 0.15) is 36.0 Å². The fourth-order valence-corrected chi connectivity index (χ4v) is 5.45. The van der Waals surface area contributed by atoms with Crippen LogP contribution in [-0.2, 0) is 0 Å². The first kappa shape index (κ1) is 23.7. The Morgan fingerprint density at radius 1 is 1.00 bits per heavy atom. The predicted octanol–water partition coefficient (Wildman–Crippen LogP) is 7.37. The van der Waals surface area contributed by atoms with Crippen molar-refractivity contribution < 1.29 is 9.59 Å². The van der Waals surface area contributed by atoms with Crippen molar-refractivity contribution in [3.8, 4) is 11.3 Å². The zero-order valence-electron chi connectivity index (χ0n) is 19.7. The third kappa shape index (κ3) is 4.84. The molecule has 1 amide bonds. The number of nitrogens with zero attached hydrogens (tertiary/aromatic N) is 1. The maximum Gasteiger partial charge on any atom is 0.267 e. The van der Waals surface area contributed by atoms with Crippen LogP contribution in [0.25, 0.3) is 27.6 Å². The smallest absolute Gasteiger partial charge is 0.267 e. The Hall–Kier alpha value is -4.07. The van der Waals surface area contributed by atoms with Gasteiger partial charge in [-0.1, -0.05) is 35.9 Å². The zero-order valence-corrected chi connectivity index (χ0v) is 21.4. The number of fused-ring (bicyclic) bond motifs is 1. The maximum atomic E-state index is 13.0. The third-order valence-electron chi connectivity index (χ3n) is 5.81. The van der Waals surface area contributed by atoms with E-state index in [4.69, 9.17) is 10.7 Å². The van der Waals surface area contributed by atoms with Crippen molar-refractivity contribution in [2.24, 2.45) is 0 Å². The Balaban J connectivity index is 1.35. The lowest BCUT2D eigenvalue weighted by Crippen LogP contribution is -2.12. The van der Waals surface area contributed by atoms with Crippen molar-refractivity contribution in [3.63, 3.8) is 0 Å². The van der Waals surface area contributed by atoms with Gasteiger partial charge in [0.15, 0.2) is 5.78 Å². The molecule has 178 valence electrons. The van der Waals surface area contributed by atoms with Gasteiger partial charge in [0, 0.05) is 27.1 Å². The van der Waals surface area contributed by atoms with Crippen molar-refractivity contribution in [2.45, 2.75) is 13.8 Å². The van der Waals surface area contributed by atoms with Gasteiger partial charge in [-0.2, -0.15) is 0 Å². The van der Waals surface area contributed by atoms with E-state index in [9.17, 15) is 9.59 Å². The molecule has 3 aromatic heterocycles. The standard InChI is InChI=1S/C29H23N3O2S2/c1-17-5-7-20(8-6-17)26-18(2)16-23-25(30)27(36-29(23)32-26)28(34)31-21-11-9-19(10-12-21)24(33)14-13-22-4-3-15-35-22/h3-16H,30H2,1-2H3,(H,31,34)/b14-13+. The van der Waals surface area contributed by atoms with Gasteiger partial charge < -0.3 is 11.1 Å². The number of nitrogen functional groups attached to an aromatic ring is 1. The summed E-state index contributed by atoms with van der Waals surface area (Å²) < 4.78 is 0. The van der Waals surface area contributed by atoms with Gasteiger partial charge in [0.2, 0.25) is 0 Å². The molecule has 0 atom stereocenters. The van der Waals surface area contributed by atoms with Gasteiger partial charge >= 0.3 is 0 Å². The molecule has 0 saturated heterocycles. The fourth-order valence-electron chi connectivity index (χ4n) is 3.86. The highest BCUT2D eigenvalue weighted by atomic mass is 32.1. The Bertz CT molecular complexity index is 1600. The van der Waals surface area contributed by atoms with Crippen LogP contribution >= 0.6 is 22.7 Å². The quantitative estimate of drug-likeness (QED) is 0.185. The number of thiophene rings is 2. The number of aryl methyl sites for hydroxylation is 2. The molecule has 0 aliphatic carbocycles. The summed E-state index contributed by atoms with van der Waals surface area (Å²) in [5, 5.41) is 5.62. The van der Waals surface area contributed by atoms with Crippen LogP contribution in [0.2, 0.25) is 0 Å². The Morgan fingerprint density at radius 3 is 2.44 bits per heavy atom. The molecule has 0 unspecified atom stereocenters. The number of aromatic nitrogens is 1. The molecule has 0 spiro atoms. The number of amides is 1. The van der Waals surface area contributed by atoms with Gasteiger partial charge in [0.05, 0.1) is 11.4 Å². The minimum Gasteiger partial charge on any atom is -0.397 e. The highest BCUT2D eigenvalue weighted by molar-refractivity contribution is 7.21. The van der Waals surface area contributed by atoms with E-state index in [-0.39, 0.29) is 11.7 Å². The van der Waals surface area contributed by atoms with Gasteiger partial charge in [0.1, 0.15) is 9.71 Å². The summed E-state index contributed by atoms with van der Waals surface area (Å²) in [6, 6.07) is 20.9.